The molecule has 0 heterocycles. The number of sulfonamides is 1. The number of benzene rings is 2. The number of carbonyl (C=O) groups excluding carboxylic acids is 2. The summed E-state index contributed by atoms with van der Waals surface area (Å²) in [5, 5.41) is 0.258. The van der Waals surface area contributed by atoms with E-state index in [1.807, 2.05) is 0 Å². The first-order chi connectivity index (χ1) is 12.0. The van der Waals surface area contributed by atoms with Crippen LogP contribution in [0.2, 0.25) is 5.02 Å². The minimum Gasteiger partial charge on any atom is -0.316 e. The monoisotopic (exact) mass is 400 g/mol. The van der Waals surface area contributed by atoms with Crippen LogP contribution in [0.25, 0.3) is 0 Å². The first kappa shape index (κ1) is 19.8. The largest absolute Gasteiger partial charge is 0.454 e. The standard InChI is InChI=1S/C16H15ClFN3O4S/c1-21(16(19)23,20-15(22)12-5-3-6-13(17)9-12)26(24,25)10-11-4-2-7-14(18)8-11/h2-9H,10H2,1H3,(H2-,19,20,22,23)/p+1. The van der Waals surface area contributed by atoms with Gasteiger partial charge >= 0.3 is 16.1 Å². The van der Waals surface area contributed by atoms with Gasteiger partial charge in [0.25, 0.3) is 5.91 Å². The summed E-state index contributed by atoms with van der Waals surface area (Å²) in [6.45, 7) is 0. The Hall–Kier alpha value is -2.49. The molecule has 0 radical (unpaired) electrons. The van der Waals surface area contributed by atoms with Crippen LogP contribution in [0.5, 0.6) is 0 Å². The van der Waals surface area contributed by atoms with Crippen molar-refractivity contribution in [1.29, 1.82) is 0 Å². The van der Waals surface area contributed by atoms with Crippen molar-refractivity contribution in [3.05, 3.63) is 70.5 Å². The molecule has 0 aliphatic carbocycles. The molecule has 26 heavy (non-hydrogen) atoms. The van der Waals surface area contributed by atoms with Crippen molar-refractivity contribution in [2.75, 3.05) is 7.05 Å². The van der Waals surface area contributed by atoms with Gasteiger partial charge in [-0.25, -0.2) is 9.18 Å². The molecule has 0 aromatic heterocycles. The Morgan fingerprint density at radius 1 is 1.19 bits per heavy atom. The summed E-state index contributed by atoms with van der Waals surface area (Å²) in [6.07, 6.45) is 0. The van der Waals surface area contributed by atoms with E-state index in [1.165, 1.54) is 36.4 Å². The maximum atomic E-state index is 13.3. The Bertz CT molecular complexity index is 967. The molecule has 0 saturated carbocycles. The number of primary amides is 1. The van der Waals surface area contributed by atoms with Crippen LogP contribution in [0.4, 0.5) is 9.18 Å². The molecule has 0 bridgehead atoms. The highest BCUT2D eigenvalue weighted by molar-refractivity contribution is 7.85. The van der Waals surface area contributed by atoms with Gasteiger partial charge < -0.3 is 5.73 Å². The summed E-state index contributed by atoms with van der Waals surface area (Å²) >= 11 is 5.80. The maximum Gasteiger partial charge on any atom is 0.454 e. The van der Waals surface area contributed by atoms with Gasteiger partial charge in [0, 0.05) is 10.6 Å². The second-order valence-corrected chi connectivity index (χ2v) is 8.19. The first-order valence-corrected chi connectivity index (χ1v) is 9.26. The van der Waals surface area contributed by atoms with Gasteiger partial charge in [0.15, 0.2) is 0 Å². The Labute approximate surface area is 154 Å². The highest BCUT2D eigenvalue weighted by Gasteiger charge is 2.46. The SMILES string of the molecule is C[N+](NC(=O)c1cccc(Cl)c1)(C(N)=O)S(=O)(=O)Cc1cccc(F)c1. The lowest BCUT2D eigenvalue weighted by Crippen LogP contribution is -2.66. The van der Waals surface area contributed by atoms with E-state index >= 15 is 0 Å². The number of hydrogen-bond acceptors (Lipinski definition) is 4. The van der Waals surface area contributed by atoms with Crippen LogP contribution < -0.4 is 11.2 Å². The number of nitrogens with two attached hydrogens (primary N) is 1. The number of amides is 3. The van der Waals surface area contributed by atoms with Crippen molar-refractivity contribution in [3.8, 4) is 0 Å². The second-order valence-electron chi connectivity index (χ2n) is 5.57. The smallest absolute Gasteiger partial charge is 0.316 e. The zero-order chi connectivity index (χ0) is 19.5. The molecule has 3 amide bonds. The van der Waals surface area contributed by atoms with Crippen molar-refractivity contribution in [2.45, 2.75) is 5.75 Å². The maximum absolute atomic E-state index is 13.3. The lowest BCUT2D eigenvalue weighted by Gasteiger charge is -2.27. The molecule has 3 N–H and O–H groups in total. The molecule has 0 fully saturated rings. The number of rotatable bonds is 4. The molecule has 10 heteroatoms. The predicted molar refractivity (Wildman–Crippen MR) is 93.7 cm³/mol. The lowest BCUT2D eigenvalue weighted by atomic mass is 10.2. The van der Waals surface area contributed by atoms with Crippen molar-refractivity contribution in [2.24, 2.45) is 5.73 Å². The van der Waals surface area contributed by atoms with Crippen LogP contribution in [0.3, 0.4) is 0 Å². The van der Waals surface area contributed by atoms with E-state index < -0.39 is 37.5 Å². The molecule has 0 spiro atoms. The summed E-state index contributed by atoms with van der Waals surface area (Å²) in [7, 11) is -3.44. The van der Waals surface area contributed by atoms with E-state index in [-0.39, 0.29) is 16.1 Å². The fourth-order valence-electron chi connectivity index (χ4n) is 2.12. The van der Waals surface area contributed by atoms with Crippen LogP contribution >= 0.6 is 11.6 Å². The van der Waals surface area contributed by atoms with Crippen LogP contribution in [0.15, 0.2) is 48.5 Å². The van der Waals surface area contributed by atoms with Crippen LogP contribution in [0.1, 0.15) is 15.9 Å². The van der Waals surface area contributed by atoms with Crippen molar-refractivity contribution in [1.82, 2.24) is 5.43 Å². The molecular formula is C16H16ClFN3O4S+. The molecule has 7 nitrogen and oxygen atoms in total. The van der Waals surface area contributed by atoms with Crippen molar-refractivity contribution >= 4 is 33.6 Å². The predicted octanol–water partition coefficient (Wildman–Crippen LogP) is 2.18. The quantitative estimate of drug-likeness (QED) is 0.605. The summed E-state index contributed by atoms with van der Waals surface area (Å²) in [4.78, 5) is 24.2. The van der Waals surface area contributed by atoms with Gasteiger partial charge in [-0.15, -0.1) is 0 Å². The third kappa shape index (κ3) is 4.18. The van der Waals surface area contributed by atoms with Gasteiger partial charge in [-0.1, -0.05) is 29.8 Å². The van der Waals surface area contributed by atoms with E-state index in [4.69, 9.17) is 17.3 Å². The Morgan fingerprint density at radius 2 is 1.85 bits per heavy atom. The number of hydrogen-bond donors (Lipinski definition) is 2. The second kappa shape index (κ2) is 7.40. The molecule has 2 aromatic carbocycles. The fourth-order valence-corrected chi connectivity index (χ4v) is 3.66. The Balaban J connectivity index is 2.35. The average molecular weight is 401 g/mol. The molecule has 0 aliphatic heterocycles. The topological polar surface area (TPSA) is 106 Å². The van der Waals surface area contributed by atoms with Gasteiger partial charge in [0.05, 0.1) is 0 Å². The minimum absolute atomic E-state index is 0.0454. The summed E-state index contributed by atoms with van der Waals surface area (Å²) in [5.41, 5.74) is 7.48. The third-order valence-electron chi connectivity index (χ3n) is 3.62. The third-order valence-corrected chi connectivity index (χ3v) is 5.93. The van der Waals surface area contributed by atoms with E-state index in [0.29, 0.717) is 0 Å². The molecule has 0 saturated heterocycles. The number of urea groups is 1. The van der Waals surface area contributed by atoms with Gasteiger partial charge in [-0.2, -0.15) is 13.8 Å². The van der Waals surface area contributed by atoms with E-state index in [1.54, 1.807) is 0 Å². The lowest BCUT2D eigenvalue weighted by molar-refractivity contribution is -0.737. The van der Waals surface area contributed by atoms with Crippen LogP contribution in [-0.2, 0) is 15.8 Å². The molecular weight excluding hydrogens is 385 g/mol. The Kier molecular flexibility index (Phi) is 5.65. The highest BCUT2D eigenvalue weighted by atomic mass is 35.5. The zero-order valence-corrected chi connectivity index (χ0v) is 15.2. The number of halogens is 2. The van der Waals surface area contributed by atoms with Gasteiger partial charge in [-0.05, 0) is 39.9 Å². The van der Waals surface area contributed by atoms with Crippen LogP contribution in [0, 0.1) is 5.82 Å². The van der Waals surface area contributed by atoms with E-state index in [2.05, 4.69) is 5.43 Å². The first-order valence-electron chi connectivity index (χ1n) is 7.27. The highest BCUT2D eigenvalue weighted by Crippen LogP contribution is 2.18. The number of nitrogens with zero attached hydrogens (tertiary/aromatic N) is 1. The number of quaternary nitrogens is 1. The molecule has 1 unspecified atom stereocenters. The minimum atomic E-state index is -4.37. The summed E-state index contributed by atoms with van der Waals surface area (Å²) in [5.74, 6) is -2.20. The Morgan fingerprint density at radius 3 is 2.42 bits per heavy atom. The van der Waals surface area contributed by atoms with Gasteiger partial charge in [-0.3, -0.25) is 4.79 Å². The van der Waals surface area contributed by atoms with Gasteiger partial charge in [0.2, 0.25) is 0 Å². The fraction of sp³-hybridized carbons (Fsp3) is 0.125. The molecule has 138 valence electrons. The van der Waals surface area contributed by atoms with Gasteiger partial charge in [0.1, 0.15) is 18.6 Å². The molecule has 0 aliphatic rings. The summed E-state index contributed by atoms with van der Waals surface area (Å²) in [6, 6.07) is 9.28. The van der Waals surface area contributed by atoms with E-state index in [0.717, 1.165) is 19.2 Å². The number of nitrogens with one attached hydrogen (secondary N) is 1. The van der Waals surface area contributed by atoms with Crippen molar-refractivity contribution in [3.63, 3.8) is 0 Å². The van der Waals surface area contributed by atoms with Crippen molar-refractivity contribution < 1.29 is 26.4 Å². The van der Waals surface area contributed by atoms with Crippen LogP contribution in [-0.4, -0.2) is 31.4 Å². The molecule has 2 aromatic rings. The molecule has 1 atom stereocenters. The normalized spacial score (nSPS) is 13.7. The molecule has 2 rings (SSSR count). The number of carbonyl (C=O) groups is 2. The zero-order valence-electron chi connectivity index (χ0n) is 13.6. The summed E-state index contributed by atoms with van der Waals surface area (Å²) < 4.78 is 37.1. The average Bonchev–Trinajstić information content (AvgIpc) is 2.53. The van der Waals surface area contributed by atoms with E-state index in [9.17, 15) is 22.4 Å².